The minimum Gasteiger partial charge on any atom is -0.306 e. The van der Waals surface area contributed by atoms with Gasteiger partial charge in [-0.2, -0.15) is 23.4 Å². The largest absolute Gasteiger partial charge is 0.442 e. The second-order valence-electron chi connectivity index (χ2n) is 6.39. The molecule has 0 unspecified atom stereocenters. The van der Waals surface area contributed by atoms with Crippen LogP contribution in [0.25, 0.3) is 0 Å². The number of anilines is 1. The molecule has 9 nitrogen and oxygen atoms in total. The first-order chi connectivity index (χ1) is 14.5. The summed E-state index contributed by atoms with van der Waals surface area (Å²) in [4.78, 5) is 22.1. The van der Waals surface area contributed by atoms with E-state index in [2.05, 4.69) is 15.5 Å². The molecule has 3 aromatic rings. The number of carbonyl (C=O) groups excluding carboxylic acids is 1. The number of halogens is 5. The summed E-state index contributed by atoms with van der Waals surface area (Å²) in [6.07, 6.45) is -3.59. The molecule has 14 heteroatoms. The molecule has 164 valence electrons. The number of benzene rings is 1. The first-order valence-corrected chi connectivity index (χ1v) is 9.27. The number of aromatic nitrogens is 4. The lowest BCUT2D eigenvalue weighted by molar-refractivity contribution is -0.388. The molecule has 0 atom stereocenters. The average Bonchev–Trinajstić information content (AvgIpc) is 3.17. The van der Waals surface area contributed by atoms with Gasteiger partial charge in [0, 0.05) is 11.2 Å². The minimum atomic E-state index is -5.04. The predicted molar refractivity (Wildman–Crippen MR) is 105 cm³/mol. The Morgan fingerprint density at radius 1 is 1.23 bits per heavy atom. The van der Waals surface area contributed by atoms with Gasteiger partial charge in [0.15, 0.2) is 5.82 Å². The number of carbonyl (C=O) groups is 1. The number of nitro groups is 1. The van der Waals surface area contributed by atoms with Crippen molar-refractivity contribution in [2.45, 2.75) is 26.2 Å². The van der Waals surface area contributed by atoms with Gasteiger partial charge < -0.3 is 5.32 Å². The fourth-order valence-corrected chi connectivity index (χ4v) is 3.07. The van der Waals surface area contributed by atoms with Crippen molar-refractivity contribution in [2.24, 2.45) is 0 Å². The molecule has 0 aliphatic rings. The van der Waals surface area contributed by atoms with Crippen molar-refractivity contribution in [3.63, 3.8) is 0 Å². The van der Waals surface area contributed by atoms with Crippen LogP contribution < -0.4 is 5.32 Å². The van der Waals surface area contributed by atoms with Gasteiger partial charge >= 0.3 is 11.9 Å². The lowest BCUT2D eigenvalue weighted by atomic mass is 10.2. The topological polar surface area (TPSA) is 108 Å². The molecule has 0 aliphatic carbocycles. The van der Waals surface area contributed by atoms with Crippen LogP contribution in [0.3, 0.4) is 0 Å². The number of amides is 1. The van der Waals surface area contributed by atoms with Gasteiger partial charge in [0.25, 0.3) is 0 Å². The highest BCUT2D eigenvalue weighted by Gasteiger charge is 2.44. The molecule has 2 heterocycles. The van der Waals surface area contributed by atoms with Crippen LogP contribution in [0.1, 0.15) is 17.0 Å². The minimum absolute atomic E-state index is 0.0176. The van der Waals surface area contributed by atoms with Crippen LogP contribution in [0, 0.1) is 17.0 Å². The van der Waals surface area contributed by atoms with E-state index in [0.29, 0.717) is 16.2 Å². The van der Waals surface area contributed by atoms with Gasteiger partial charge in [-0.1, -0.05) is 35.3 Å². The van der Waals surface area contributed by atoms with E-state index in [1.165, 1.54) is 10.9 Å². The molecule has 0 aliphatic heterocycles. The summed E-state index contributed by atoms with van der Waals surface area (Å²) in [5.74, 6) is -0.830. The van der Waals surface area contributed by atoms with E-state index in [4.69, 9.17) is 23.2 Å². The van der Waals surface area contributed by atoms with E-state index in [-0.39, 0.29) is 10.8 Å². The molecular formula is C17H13Cl2F3N6O3. The van der Waals surface area contributed by atoms with Crippen molar-refractivity contribution >= 4 is 40.6 Å². The number of alkyl halides is 3. The van der Waals surface area contributed by atoms with Crippen molar-refractivity contribution in [1.82, 2.24) is 19.6 Å². The molecule has 3 rings (SSSR count). The van der Waals surface area contributed by atoms with Crippen LogP contribution in [0.4, 0.5) is 24.7 Å². The number of rotatable bonds is 6. The highest BCUT2D eigenvalue weighted by Crippen LogP contribution is 2.36. The summed E-state index contributed by atoms with van der Waals surface area (Å²) in [5, 5.41) is 21.4. The van der Waals surface area contributed by atoms with Crippen LogP contribution in [-0.2, 0) is 24.1 Å². The lowest BCUT2D eigenvalue weighted by Gasteiger charge is -2.05. The Bertz CT molecular complexity index is 1140. The molecule has 1 amide bonds. The quantitative estimate of drug-likeness (QED) is 0.421. The van der Waals surface area contributed by atoms with Crippen LogP contribution in [0.5, 0.6) is 0 Å². The molecule has 0 spiro atoms. The SMILES string of the molecule is Cc1c([N+](=O)[O-])c(C(F)(F)F)nn1CC(=O)Nc1nn(Cc2ccc(Cl)cc2)cc1Cl. The maximum atomic E-state index is 13.0. The molecule has 1 N–H and O–H groups in total. The summed E-state index contributed by atoms with van der Waals surface area (Å²) < 4.78 is 41.1. The zero-order chi connectivity index (χ0) is 22.9. The summed E-state index contributed by atoms with van der Waals surface area (Å²) in [7, 11) is 0. The van der Waals surface area contributed by atoms with E-state index in [1.807, 2.05) is 0 Å². The van der Waals surface area contributed by atoms with Gasteiger partial charge in [-0.05, 0) is 24.6 Å². The third kappa shape index (κ3) is 5.14. The molecule has 0 radical (unpaired) electrons. The second-order valence-corrected chi connectivity index (χ2v) is 7.24. The molecule has 0 bridgehead atoms. The maximum absolute atomic E-state index is 13.0. The average molecular weight is 477 g/mol. The van der Waals surface area contributed by atoms with E-state index in [0.717, 1.165) is 12.5 Å². The third-order valence-corrected chi connectivity index (χ3v) is 4.68. The van der Waals surface area contributed by atoms with Crippen LogP contribution in [0.2, 0.25) is 10.0 Å². The number of hydrogen-bond acceptors (Lipinski definition) is 5. The Hall–Kier alpha value is -3.12. The van der Waals surface area contributed by atoms with Crippen molar-refractivity contribution in [1.29, 1.82) is 0 Å². The molecule has 0 saturated heterocycles. The van der Waals surface area contributed by atoms with Gasteiger partial charge in [-0.3, -0.25) is 24.3 Å². The first-order valence-electron chi connectivity index (χ1n) is 8.52. The van der Waals surface area contributed by atoms with Crippen molar-refractivity contribution in [3.8, 4) is 0 Å². The Morgan fingerprint density at radius 3 is 2.42 bits per heavy atom. The zero-order valence-electron chi connectivity index (χ0n) is 15.7. The molecule has 0 fully saturated rings. The van der Waals surface area contributed by atoms with Gasteiger partial charge in [0.1, 0.15) is 17.3 Å². The normalized spacial score (nSPS) is 11.5. The molecule has 1 aromatic carbocycles. The molecule has 2 aromatic heterocycles. The van der Waals surface area contributed by atoms with E-state index in [9.17, 15) is 28.1 Å². The summed E-state index contributed by atoms with van der Waals surface area (Å²) in [5.41, 5.74) is -2.42. The number of hydrogen-bond donors (Lipinski definition) is 1. The predicted octanol–water partition coefficient (Wildman–Crippen LogP) is 4.31. The van der Waals surface area contributed by atoms with Crippen molar-refractivity contribution < 1.29 is 22.9 Å². The van der Waals surface area contributed by atoms with Crippen molar-refractivity contribution in [2.75, 3.05) is 5.32 Å². The van der Waals surface area contributed by atoms with E-state index >= 15 is 0 Å². The van der Waals surface area contributed by atoms with Gasteiger partial charge in [-0.25, -0.2) is 0 Å². The summed E-state index contributed by atoms with van der Waals surface area (Å²) >= 11 is 11.9. The lowest BCUT2D eigenvalue weighted by Crippen LogP contribution is -2.21. The van der Waals surface area contributed by atoms with E-state index < -0.39 is 40.6 Å². The smallest absolute Gasteiger partial charge is 0.306 e. The molecule has 31 heavy (non-hydrogen) atoms. The van der Waals surface area contributed by atoms with Gasteiger partial charge in [0.05, 0.1) is 11.5 Å². The number of nitrogens with one attached hydrogen (secondary N) is 1. The summed E-state index contributed by atoms with van der Waals surface area (Å²) in [6.45, 7) is 0.691. The van der Waals surface area contributed by atoms with Gasteiger partial charge in [-0.15, -0.1) is 0 Å². The second kappa shape index (κ2) is 8.55. The Labute approximate surface area is 182 Å². The maximum Gasteiger partial charge on any atom is 0.442 e. The molecular weight excluding hydrogens is 464 g/mol. The van der Waals surface area contributed by atoms with Crippen LogP contribution in [0.15, 0.2) is 30.5 Å². The summed E-state index contributed by atoms with van der Waals surface area (Å²) in [6, 6.07) is 6.96. The highest BCUT2D eigenvalue weighted by molar-refractivity contribution is 6.33. The molecule has 0 saturated carbocycles. The van der Waals surface area contributed by atoms with Crippen LogP contribution in [-0.4, -0.2) is 30.4 Å². The number of nitrogens with zero attached hydrogens (tertiary/aromatic N) is 5. The Balaban J connectivity index is 1.75. The zero-order valence-corrected chi connectivity index (χ0v) is 17.2. The fraction of sp³-hybridized carbons (Fsp3) is 0.235. The fourth-order valence-electron chi connectivity index (χ4n) is 2.75. The van der Waals surface area contributed by atoms with Gasteiger partial charge in [0.2, 0.25) is 11.6 Å². The standard InChI is InChI=1S/C17H13Cl2F3N6O3/c1-9-14(28(30)31)15(17(20,21)22)24-27(9)8-13(29)23-16-12(19)7-26(25-16)6-10-2-4-11(18)5-3-10/h2-5,7H,6,8H2,1H3,(H,23,25,29). The monoisotopic (exact) mass is 476 g/mol. The third-order valence-electron chi connectivity index (χ3n) is 4.15. The first kappa shape index (κ1) is 22.6. The van der Waals surface area contributed by atoms with E-state index in [1.54, 1.807) is 24.3 Å². The Kier molecular flexibility index (Phi) is 6.23. The Morgan fingerprint density at radius 2 is 1.87 bits per heavy atom. The van der Waals surface area contributed by atoms with Crippen LogP contribution >= 0.6 is 23.2 Å². The highest BCUT2D eigenvalue weighted by atomic mass is 35.5. The van der Waals surface area contributed by atoms with Crippen molar-refractivity contribution in [3.05, 3.63) is 67.6 Å².